The van der Waals surface area contributed by atoms with E-state index in [1.165, 1.54) is 4.90 Å². The third-order valence-corrected chi connectivity index (χ3v) is 13.6. The summed E-state index contributed by atoms with van der Waals surface area (Å²) in [4.78, 5) is 65.2. The number of ether oxygens (including phenoxy) is 3. The lowest BCUT2D eigenvalue weighted by molar-refractivity contribution is -0.144. The molecule has 4 amide bonds. The molecule has 1 fully saturated rings. The van der Waals surface area contributed by atoms with Gasteiger partial charge in [-0.2, -0.15) is 0 Å². The molecule has 4 heterocycles. The zero-order valence-corrected chi connectivity index (χ0v) is 41.1. The van der Waals surface area contributed by atoms with E-state index in [4.69, 9.17) is 42.4 Å². The number of hydrogen-bond acceptors (Lipinski definition) is 11. The lowest BCUT2D eigenvalue weighted by Crippen LogP contribution is -2.57. The normalized spacial score (nSPS) is 16.1. The van der Waals surface area contributed by atoms with Gasteiger partial charge in [-0.25, -0.2) is 9.97 Å². The number of nitrogens with zero attached hydrogens (tertiary/aromatic N) is 4. The minimum Gasteiger partial charge on any atom is -0.491 e. The lowest BCUT2D eigenvalue weighted by Gasteiger charge is -2.35. The van der Waals surface area contributed by atoms with Crippen molar-refractivity contribution in [2.24, 2.45) is 5.41 Å². The van der Waals surface area contributed by atoms with E-state index in [9.17, 15) is 24.3 Å². The van der Waals surface area contributed by atoms with Gasteiger partial charge in [-0.05, 0) is 65.8 Å². The van der Waals surface area contributed by atoms with Gasteiger partial charge in [-0.15, -0.1) is 11.3 Å². The third kappa shape index (κ3) is 13.4. The summed E-state index contributed by atoms with van der Waals surface area (Å²) in [5, 5.41) is 20.2. The molecule has 0 radical (unpaired) electrons. The average Bonchev–Trinajstić information content (AvgIpc) is 4.12. The first-order chi connectivity index (χ1) is 32.6. The van der Waals surface area contributed by atoms with Gasteiger partial charge in [0.1, 0.15) is 30.3 Å². The van der Waals surface area contributed by atoms with Crippen LogP contribution in [0.15, 0.2) is 72.4 Å². The van der Waals surface area contributed by atoms with Crippen LogP contribution in [0.1, 0.15) is 68.2 Å². The number of benzene rings is 3. The van der Waals surface area contributed by atoms with Crippen LogP contribution in [0.4, 0.5) is 0 Å². The number of thiazole rings is 1. The molecular formula is C50H59Cl2N7O8S. The molecule has 0 spiro atoms. The summed E-state index contributed by atoms with van der Waals surface area (Å²) in [6.07, 6.45) is 3.45. The van der Waals surface area contributed by atoms with E-state index in [-0.39, 0.29) is 89.7 Å². The molecule has 0 saturated carbocycles. The van der Waals surface area contributed by atoms with E-state index in [0.717, 1.165) is 69.3 Å². The van der Waals surface area contributed by atoms with Crippen LogP contribution >= 0.6 is 34.5 Å². The van der Waals surface area contributed by atoms with E-state index in [1.807, 2.05) is 75.7 Å². The Morgan fingerprint density at radius 1 is 0.882 bits per heavy atom. The SMILES string of the molecule is Cc1ncsc1-c1ccc(CNC(=O)[C@@H]2C[C@@H](O)CN2C(=O)[C@@H](NC(=O)CCOCCOCCOc2ccc(-c3cn4c(n3)CCC4)cc2CNC(=O)Cc2ccc(Cl)c(Cl)c2)C(C)(C)C)cc1. The van der Waals surface area contributed by atoms with Crippen molar-refractivity contribution in [1.29, 1.82) is 0 Å². The number of fused-ring (bicyclic) bond motifs is 1. The summed E-state index contributed by atoms with van der Waals surface area (Å²) in [5.74, 6) is 0.306. The summed E-state index contributed by atoms with van der Waals surface area (Å²) in [5.41, 5.74) is 7.34. The number of aromatic nitrogens is 3. The number of likely N-dealkylation sites (tertiary alicyclic amines) is 1. The van der Waals surface area contributed by atoms with Crippen LogP contribution in [-0.2, 0) is 61.1 Å². The molecule has 2 aromatic heterocycles. The van der Waals surface area contributed by atoms with Gasteiger partial charge >= 0.3 is 0 Å². The smallest absolute Gasteiger partial charge is 0.246 e. The number of aliphatic hydroxyl groups excluding tert-OH is 1. The number of β-amino-alcohol motifs (C(OH)–C–C–N with tert-alkyl or cyclic N) is 1. The Morgan fingerprint density at radius 3 is 2.34 bits per heavy atom. The minimum atomic E-state index is -0.949. The largest absolute Gasteiger partial charge is 0.491 e. The Morgan fingerprint density at radius 2 is 1.62 bits per heavy atom. The third-order valence-electron chi connectivity index (χ3n) is 11.9. The molecule has 0 aliphatic carbocycles. The van der Waals surface area contributed by atoms with Crippen LogP contribution in [0.5, 0.6) is 5.75 Å². The highest BCUT2D eigenvalue weighted by atomic mass is 35.5. The predicted molar refractivity (Wildman–Crippen MR) is 261 cm³/mol. The number of imidazole rings is 1. The highest BCUT2D eigenvalue weighted by molar-refractivity contribution is 7.13. The molecule has 68 heavy (non-hydrogen) atoms. The molecule has 4 N–H and O–H groups in total. The van der Waals surface area contributed by atoms with Gasteiger partial charge in [0.2, 0.25) is 23.6 Å². The second kappa shape index (κ2) is 23.3. The summed E-state index contributed by atoms with van der Waals surface area (Å²) >= 11 is 13.8. The first kappa shape index (κ1) is 50.5. The van der Waals surface area contributed by atoms with Gasteiger partial charge in [0.25, 0.3) is 0 Å². The molecule has 0 unspecified atom stereocenters. The Kier molecular flexibility index (Phi) is 17.3. The van der Waals surface area contributed by atoms with E-state index in [0.29, 0.717) is 15.8 Å². The maximum absolute atomic E-state index is 14.0. The molecule has 3 atom stereocenters. The van der Waals surface area contributed by atoms with Gasteiger partial charge in [-0.1, -0.05) is 74.3 Å². The predicted octanol–water partition coefficient (Wildman–Crippen LogP) is 6.71. The van der Waals surface area contributed by atoms with Gasteiger partial charge < -0.3 is 44.7 Å². The molecule has 7 rings (SSSR count). The molecule has 5 aromatic rings. The highest BCUT2D eigenvalue weighted by Crippen LogP contribution is 2.31. The number of amides is 4. The summed E-state index contributed by atoms with van der Waals surface area (Å²) < 4.78 is 19.7. The van der Waals surface area contributed by atoms with E-state index in [1.54, 1.807) is 29.5 Å². The van der Waals surface area contributed by atoms with Crippen molar-refractivity contribution in [3.8, 4) is 27.4 Å². The molecule has 18 heteroatoms. The fourth-order valence-electron chi connectivity index (χ4n) is 8.21. The quantitative estimate of drug-likeness (QED) is 0.0577. The number of carbonyl (C=O) groups excluding carboxylic acids is 4. The van der Waals surface area contributed by atoms with Crippen LogP contribution in [0.2, 0.25) is 10.0 Å². The number of nitrogens with one attached hydrogen (secondary N) is 3. The number of aliphatic hydroxyl groups is 1. The number of rotatable bonds is 21. The summed E-state index contributed by atoms with van der Waals surface area (Å²) in [7, 11) is 0. The first-order valence-electron chi connectivity index (χ1n) is 22.9. The molecule has 3 aromatic carbocycles. The number of aryl methyl sites for hydroxylation is 3. The maximum Gasteiger partial charge on any atom is 0.246 e. The molecule has 1 saturated heterocycles. The zero-order valence-electron chi connectivity index (χ0n) is 38.8. The zero-order chi connectivity index (χ0) is 48.4. The monoisotopic (exact) mass is 987 g/mol. The molecule has 2 aliphatic heterocycles. The van der Waals surface area contributed by atoms with Gasteiger partial charge in [0.15, 0.2) is 0 Å². The highest BCUT2D eigenvalue weighted by Gasteiger charge is 2.44. The molecule has 362 valence electrons. The minimum absolute atomic E-state index is 0.00117. The second-order valence-electron chi connectivity index (χ2n) is 18.1. The topological polar surface area (TPSA) is 186 Å². The average molecular weight is 989 g/mol. The molecule has 0 bridgehead atoms. The Bertz CT molecular complexity index is 2540. The van der Waals surface area contributed by atoms with Gasteiger partial charge in [0.05, 0.1) is 70.8 Å². The van der Waals surface area contributed by atoms with Crippen molar-refractivity contribution < 1.29 is 38.5 Å². The molecular weight excluding hydrogens is 930 g/mol. The Hall–Kier alpha value is -5.36. The lowest BCUT2D eigenvalue weighted by atomic mass is 9.85. The van der Waals surface area contributed by atoms with Crippen LogP contribution in [0.25, 0.3) is 21.7 Å². The van der Waals surface area contributed by atoms with Gasteiger partial charge in [0, 0.05) is 62.8 Å². The Labute approximate surface area is 410 Å². The van der Waals surface area contributed by atoms with Crippen LogP contribution in [0.3, 0.4) is 0 Å². The van der Waals surface area contributed by atoms with Crippen LogP contribution in [-0.4, -0.2) is 106 Å². The molecule has 15 nitrogen and oxygen atoms in total. The Balaban J connectivity index is 0.831. The van der Waals surface area contributed by atoms with Crippen molar-refractivity contribution >= 4 is 58.2 Å². The van der Waals surface area contributed by atoms with Crippen LogP contribution in [0, 0.1) is 12.3 Å². The summed E-state index contributed by atoms with van der Waals surface area (Å²) in [6, 6.07) is 17.0. The number of carbonyl (C=O) groups is 4. The first-order valence-corrected chi connectivity index (χ1v) is 24.5. The second-order valence-corrected chi connectivity index (χ2v) is 19.8. The van der Waals surface area contributed by atoms with Crippen LogP contribution < -0.4 is 20.7 Å². The van der Waals surface area contributed by atoms with Crippen molar-refractivity contribution in [3.05, 3.63) is 111 Å². The van der Waals surface area contributed by atoms with Crippen molar-refractivity contribution in [2.45, 2.75) is 97.6 Å². The van der Waals surface area contributed by atoms with E-state index >= 15 is 0 Å². The maximum atomic E-state index is 14.0. The number of hydrogen-bond donors (Lipinski definition) is 4. The van der Waals surface area contributed by atoms with Crippen molar-refractivity contribution in [1.82, 2.24) is 35.4 Å². The summed E-state index contributed by atoms with van der Waals surface area (Å²) in [6.45, 7) is 10.00. The van der Waals surface area contributed by atoms with E-state index < -0.39 is 29.5 Å². The number of halogens is 2. The van der Waals surface area contributed by atoms with Crippen molar-refractivity contribution in [3.63, 3.8) is 0 Å². The fraction of sp³-hybridized carbons (Fsp3) is 0.440. The van der Waals surface area contributed by atoms with Gasteiger partial charge in [-0.3, -0.25) is 19.2 Å². The fourth-order valence-corrected chi connectivity index (χ4v) is 9.35. The van der Waals surface area contributed by atoms with Crippen molar-refractivity contribution in [2.75, 3.05) is 39.6 Å². The molecule has 2 aliphatic rings. The van der Waals surface area contributed by atoms with E-state index in [2.05, 4.69) is 31.7 Å². The standard InChI is InChI=1S/C50H59Cl2N7O8S/c1-31-46(68-30-55-31)34-10-7-32(8-11-34)26-54-48(63)41-25-37(60)28-59(41)49(64)47(50(2,3)4)57-44(61)15-17-65-18-19-66-20-21-67-42-14-12-35(40-29-58-16-5-6-43(58)56-40)24-36(42)27-53-45(62)23-33-9-13-38(51)39(52)22-33/h7-14,22,24,29-30,37,41,47,60H,5-6,15-21,23,25-28H2,1-4H3,(H,53,62)(H,54,63)(H,57,61)/t37-,41+,47-/m1/s1.